The molecule has 0 aliphatic carbocycles. The van der Waals surface area contributed by atoms with Gasteiger partial charge in [-0.05, 0) is 111 Å². The van der Waals surface area contributed by atoms with E-state index in [1.54, 1.807) is 4.70 Å². The maximum atomic E-state index is 12.0. The maximum absolute atomic E-state index is 12.0. The Labute approximate surface area is 310 Å². The van der Waals surface area contributed by atoms with E-state index in [-0.39, 0.29) is 0 Å². The first-order valence-corrected chi connectivity index (χ1v) is 22.0. The van der Waals surface area contributed by atoms with Gasteiger partial charge in [-0.2, -0.15) is 0 Å². The van der Waals surface area contributed by atoms with Crippen LogP contribution < -0.4 is 0 Å². The summed E-state index contributed by atoms with van der Waals surface area (Å²) in [7, 11) is 0. The van der Waals surface area contributed by atoms with Gasteiger partial charge in [0.05, 0.1) is 0 Å². The van der Waals surface area contributed by atoms with Crippen LogP contribution in [0.5, 0.6) is 0 Å². The molecule has 0 amide bonds. The molecule has 1 heterocycles. The van der Waals surface area contributed by atoms with Gasteiger partial charge in [0.1, 0.15) is 0 Å². The summed E-state index contributed by atoms with van der Waals surface area (Å²) in [5.41, 5.74) is 23.4. The van der Waals surface area contributed by atoms with Crippen LogP contribution in [0.4, 0.5) is 0 Å². The summed E-state index contributed by atoms with van der Waals surface area (Å²) in [6, 6.07) is 14.3. The average Bonchev–Trinajstić information content (AvgIpc) is 3.44. The fraction of sp³-hybridized carbons (Fsp3) is 0.652. The fourth-order valence-corrected chi connectivity index (χ4v) is 7.31. The van der Waals surface area contributed by atoms with Crippen molar-refractivity contribution in [3.63, 3.8) is 0 Å². The Balaban J connectivity index is 0.00000155. The van der Waals surface area contributed by atoms with Crippen molar-refractivity contribution in [2.75, 3.05) is 0 Å². The molecule has 0 saturated carbocycles. The molecule has 0 N–H and O–H groups in total. The summed E-state index contributed by atoms with van der Waals surface area (Å²) in [5, 5.41) is 2.56. The molecule has 0 bridgehead atoms. The number of aryl methyl sites for hydroxylation is 4. The number of nitrogens with zero attached hydrogens (tertiary/aromatic N) is 2. The van der Waals surface area contributed by atoms with Gasteiger partial charge in [0, 0.05) is 22.8 Å². The van der Waals surface area contributed by atoms with E-state index in [0.29, 0.717) is 0 Å². The summed E-state index contributed by atoms with van der Waals surface area (Å²) in [6.45, 7) is 15.8. The Morgan fingerprint density at radius 1 is 0.449 bits per heavy atom. The van der Waals surface area contributed by atoms with Crippen molar-refractivity contribution in [1.82, 2.24) is 0 Å². The van der Waals surface area contributed by atoms with Crippen LogP contribution in [0, 0.1) is 0 Å². The van der Waals surface area contributed by atoms with E-state index in [9.17, 15) is 5.53 Å². The first-order chi connectivity index (χ1) is 24.0. The van der Waals surface area contributed by atoms with Gasteiger partial charge < -0.3 is 5.53 Å². The molecule has 0 fully saturated rings. The summed E-state index contributed by atoms with van der Waals surface area (Å²) in [6.07, 6.45) is 27.8. The molecule has 0 atom stereocenters. The predicted molar refractivity (Wildman–Crippen MR) is 214 cm³/mol. The summed E-state index contributed by atoms with van der Waals surface area (Å²) in [4.78, 5) is 0. The third-order valence-electron chi connectivity index (χ3n) is 9.62. The van der Waals surface area contributed by atoms with Crippen molar-refractivity contribution in [3.8, 4) is 0 Å². The Morgan fingerprint density at radius 2 is 0.837 bits per heavy atom. The molecule has 1 aliphatic heterocycles. The third-order valence-corrected chi connectivity index (χ3v) is 10.6. The second-order valence-corrected chi connectivity index (χ2v) is 15.9. The van der Waals surface area contributed by atoms with Crippen molar-refractivity contribution in [2.24, 2.45) is 0 Å². The molecule has 0 saturated heterocycles. The molecule has 49 heavy (non-hydrogen) atoms. The molecule has 3 rings (SSSR count). The Hall–Kier alpha value is -1.99. The zero-order valence-corrected chi connectivity index (χ0v) is 34.0. The van der Waals surface area contributed by atoms with E-state index in [1.165, 1.54) is 152 Å². The molecular weight excluding hydrogens is 639 g/mol. The van der Waals surface area contributed by atoms with Crippen LogP contribution in [0.2, 0.25) is 10.8 Å². The van der Waals surface area contributed by atoms with Crippen LogP contribution in [-0.2, 0) is 40.1 Å². The SMILES string of the molecule is CCCCCCCCC1=C(c2cc(CCCC)cc(CCCCC)c2)[N+](=[N-])C(c2cc(CCCC)cc(CCCCC)c2)=C1.C[CH2][Ni][CH2]C. The summed E-state index contributed by atoms with van der Waals surface area (Å²) in [5.74, 6) is 0. The molecule has 0 aromatic heterocycles. The zero-order chi connectivity index (χ0) is 35.7. The summed E-state index contributed by atoms with van der Waals surface area (Å²) >= 11 is 1.82. The third kappa shape index (κ3) is 16.3. The van der Waals surface area contributed by atoms with Crippen LogP contribution in [-0.4, -0.2) is 4.70 Å². The van der Waals surface area contributed by atoms with Crippen molar-refractivity contribution in [3.05, 3.63) is 87.0 Å². The number of allylic oxidation sites excluding steroid dienone is 2. The van der Waals surface area contributed by atoms with Crippen molar-refractivity contribution in [2.45, 2.75) is 194 Å². The van der Waals surface area contributed by atoms with Gasteiger partial charge in [0.25, 0.3) is 0 Å². The molecular formula is C46H74N2Ni. The van der Waals surface area contributed by atoms with Gasteiger partial charge in [0.2, 0.25) is 11.4 Å². The Kier molecular flexibility index (Phi) is 23.6. The second-order valence-electron chi connectivity index (χ2n) is 14.0. The number of hydrogen-bond donors (Lipinski definition) is 0. The van der Waals surface area contributed by atoms with Crippen molar-refractivity contribution >= 4 is 11.4 Å². The first kappa shape index (κ1) is 43.2. The van der Waals surface area contributed by atoms with E-state index in [1.807, 2.05) is 14.4 Å². The standard InChI is InChI=1S/C42H64N2.2C2H5.Ni/c1-6-11-16-17-18-21-26-38-33-41(39-29-34(22-14-9-4)27-36(30-39)24-19-12-7-2)44(43)42(38)40-31-35(23-15-10-5)28-37(32-40)25-20-13-8-3;2*1-2;/h27-33H,6-26H2,1-5H3;2*1H2,2H3;. The van der Waals surface area contributed by atoms with E-state index in [0.717, 1.165) is 43.5 Å². The van der Waals surface area contributed by atoms with Gasteiger partial charge in [-0.25, -0.2) is 4.70 Å². The molecule has 0 radical (unpaired) electrons. The quantitative estimate of drug-likeness (QED) is 0.0556. The molecule has 2 aromatic carbocycles. The second kappa shape index (κ2) is 26.8. The first-order valence-electron chi connectivity index (χ1n) is 20.6. The van der Waals surface area contributed by atoms with Crippen LogP contribution in [0.3, 0.4) is 0 Å². The van der Waals surface area contributed by atoms with E-state index < -0.39 is 0 Å². The molecule has 0 unspecified atom stereocenters. The van der Waals surface area contributed by atoms with Crippen LogP contribution in [0.25, 0.3) is 16.9 Å². The Morgan fingerprint density at radius 3 is 1.29 bits per heavy atom. The van der Waals surface area contributed by atoms with Gasteiger partial charge in [-0.1, -0.05) is 117 Å². The monoisotopic (exact) mass is 713 g/mol. The minimum atomic E-state index is 0.961. The molecule has 278 valence electrons. The van der Waals surface area contributed by atoms with Crippen LogP contribution in [0.1, 0.15) is 191 Å². The Bertz CT molecular complexity index is 1270. The number of unbranched alkanes of at least 4 members (excludes halogenated alkanes) is 11. The molecule has 2 aromatic rings. The topological polar surface area (TPSA) is 25.3 Å². The van der Waals surface area contributed by atoms with Gasteiger partial charge in [0.15, 0.2) is 0 Å². The van der Waals surface area contributed by atoms with Crippen molar-refractivity contribution in [1.29, 1.82) is 0 Å². The van der Waals surface area contributed by atoms with Gasteiger partial charge >= 0.3 is 39.1 Å². The molecule has 2 nitrogen and oxygen atoms in total. The number of hydrogen-bond acceptors (Lipinski definition) is 0. The predicted octanol–water partition coefficient (Wildman–Crippen LogP) is 15.3. The fourth-order valence-electron chi connectivity index (χ4n) is 6.82. The molecule has 1 aliphatic rings. The van der Waals surface area contributed by atoms with Crippen molar-refractivity contribution < 1.29 is 19.1 Å². The van der Waals surface area contributed by atoms with Crippen LogP contribution >= 0.6 is 0 Å². The molecule has 3 heteroatoms. The van der Waals surface area contributed by atoms with E-state index in [4.69, 9.17) is 0 Å². The molecule has 0 spiro atoms. The minimum absolute atomic E-state index is 0.961. The number of benzene rings is 2. The average molecular weight is 714 g/mol. The summed E-state index contributed by atoms with van der Waals surface area (Å²) < 4.78 is 1.57. The normalized spacial score (nSPS) is 12.9. The van der Waals surface area contributed by atoms with Gasteiger partial charge in [-0.15, -0.1) is 0 Å². The van der Waals surface area contributed by atoms with Gasteiger partial charge in [-0.3, -0.25) is 0 Å². The van der Waals surface area contributed by atoms with Crippen LogP contribution in [0.15, 0.2) is 48.0 Å². The van der Waals surface area contributed by atoms with E-state index in [2.05, 4.69) is 90.9 Å². The zero-order valence-electron chi connectivity index (χ0n) is 33.0. The van der Waals surface area contributed by atoms with E-state index >= 15 is 0 Å². The number of rotatable bonds is 25.